The average Bonchev–Trinajstić information content (AvgIpc) is 2.26. The molecular formula is C8H5ClF2N2O4. The molecule has 0 amide bonds. The number of hydrogen-bond acceptors (Lipinski definition) is 5. The number of carbonyl (C=O) groups is 1. The molecule has 0 aliphatic carbocycles. The van der Waals surface area contributed by atoms with Crippen LogP contribution in [0, 0.1) is 10.1 Å². The van der Waals surface area contributed by atoms with Crippen LogP contribution in [0.15, 0.2) is 6.20 Å². The lowest BCUT2D eigenvalue weighted by Gasteiger charge is -2.05. The minimum atomic E-state index is -3.03. The molecule has 0 saturated carbocycles. The molecule has 0 spiro atoms. The lowest BCUT2D eigenvalue weighted by Crippen LogP contribution is -2.10. The molecule has 0 aromatic carbocycles. The van der Waals surface area contributed by atoms with Crippen LogP contribution in [-0.2, 0) is 4.74 Å². The lowest BCUT2D eigenvalue weighted by molar-refractivity contribution is -0.385. The van der Waals surface area contributed by atoms with Crippen molar-refractivity contribution < 1.29 is 23.2 Å². The maximum Gasteiger partial charge on any atom is 0.363 e. The minimum absolute atomic E-state index is 0.603. The number of aromatic nitrogens is 1. The second-order valence-corrected chi connectivity index (χ2v) is 3.15. The third-order valence-corrected chi connectivity index (χ3v) is 2.21. The first-order valence-corrected chi connectivity index (χ1v) is 4.47. The standard InChI is InChI=1S/C8H5ClF2N2O4/c1-17-8(14)5-6(13(15)16)4(9)3(2-12-5)7(10)11/h2,7H,1H3. The van der Waals surface area contributed by atoms with Crippen molar-refractivity contribution in [3.8, 4) is 0 Å². The zero-order valence-corrected chi connectivity index (χ0v) is 9.07. The zero-order valence-electron chi connectivity index (χ0n) is 8.32. The van der Waals surface area contributed by atoms with Crippen LogP contribution in [-0.4, -0.2) is 23.0 Å². The van der Waals surface area contributed by atoms with Gasteiger partial charge in [-0.25, -0.2) is 18.6 Å². The molecule has 17 heavy (non-hydrogen) atoms. The Bertz CT molecular complexity index is 481. The number of hydrogen-bond donors (Lipinski definition) is 0. The van der Waals surface area contributed by atoms with Crippen molar-refractivity contribution in [1.29, 1.82) is 0 Å². The van der Waals surface area contributed by atoms with E-state index in [1.54, 1.807) is 0 Å². The fourth-order valence-electron chi connectivity index (χ4n) is 1.06. The van der Waals surface area contributed by atoms with E-state index >= 15 is 0 Å². The zero-order chi connectivity index (χ0) is 13.2. The van der Waals surface area contributed by atoms with E-state index < -0.39 is 39.3 Å². The van der Waals surface area contributed by atoms with Crippen molar-refractivity contribution in [2.24, 2.45) is 0 Å². The van der Waals surface area contributed by atoms with Gasteiger partial charge in [0.2, 0.25) is 5.69 Å². The molecule has 0 fully saturated rings. The molecule has 0 saturated heterocycles. The molecular weight excluding hydrogens is 262 g/mol. The quantitative estimate of drug-likeness (QED) is 0.476. The summed E-state index contributed by atoms with van der Waals surface area (Å²) in [5, 5.41) is 9.85. The van der Waals surface area contributed by atoms with Crippen LogP contribution in [0.1, 0.15) is 22.5 Å². The molecule has 0 bridgehead atoms. The summed E-state index contributed by atoms with van der Waals surface area (Å²) >= 11 is 5.44. The van der Waals surface area contributed by atoms with Crippen LogP contribution in [0.3, 0.4) is 0 Å². The van der Waals surface area contributed by atoms with Gasteiger partial charge in [-0.2, -0.15) is 0 Å². The fraction of sp³-hybridized carbons (Fsp3) is 0.250. The SMILES string of the molecule is COC(=O)c1ncc(C(F)F)c(Cl)c1[N+](=O)[O-]. The molecule has 0 aliphatic rings. The summed E-state index contributed by atoms with van der Waals surface area (Å²) < 4.78 is 29.1. The predicted octanol–water partition coefficient (Wildman–Crippen LogP) is 2.37. The molecule has 1 aromatic heterocycles. The number of nitrogens with zero attached hydrogens (tertiary/aromatic N) is 2. The number of methoxy groups -OCH3 is 1. The van der Waals surface area contributed by atoms with Gasteiger partial charge in [-0.3, -0.25) is 10.1 Å². The van der Waals surface area contributed by atoms with Crippen LogP contribution < -0.4 is 0 Å². The van der Waals surface area contributed by atoms with Crippen molar-refractivity contribution >= 4 is 23.3 Å². The highest BCUT2D eigenvalue weighted by molar-refractivity contribution is 6.34. The number of esters is 1. The van der Waals surface area contributed by atoms with Gasteiger partial charge in [0, 0.05) is 6.20 Å². The van der Waals surface area contributed by atoms with Gasteiger partial charge in [-0.1, -0.05) is 11.6 Å². The van der Waals surface area contributed by atoms with Crippen LogP contribution in [0.4, 0.5) is 14.5 Å². The first-order valence-electron chi connectivity index (χ1n) is 4.09. The highest BCUT2D eigenvalue weighted by Crippen LogP contribution is 2.35. The van der Waals surface area contributed by atoms with Crippen molar-refractivity contribution in [3.05, 3.63) is 32.6 Å². The van der Waals surface area contributed by atoms with Gasteiger partial charge < -0.3 is 4.74 Å². The van der Waals surface area contributed by atoms with Crippen LogP contribution in [0.25, 0.3) is 0 Å². The molecule has 1 heterocycles. The van der Waals surface area contributed by atoms with E-state index in [4.69, 9.17) is 11.6 Å². The number of carbonyl (C=O) groups excluding carboxylic acids is 1. The van der Waals surface area contributed by atoms with Gasteiger partial charge in [0.25, 0.3) is 6.43 Å². The van der Waals surface area contributed by atoms with Crippen LogP contribution in [0.5, 0.6) is 0 Å². The summed E-state index contributed by atoms with van der Waals surface area (Å²) in [6, 6.07) is 0. The minimum Gasteiger partial charge on any atom is -0.464 e. The van der Waals surface area contributed by atoms with Crippen LogP contribution >= 0.6 is 11.6 Å². The van der Waals surface area contributed by atoms with Gasteiger partial charge in [-0.15, -0.1) is 0 Å². The number of nitro groups is 1. The smallest absolute Gasteiger partial charge is 0.363 e. The Morgan fingerprint density at radius 3 is 2.65 bits per heavy atom. The van der Waals surface area contributed by atoms with E-state index in [1.807, 2.05) is 0 Å². The van der Waals surface area contributed by atoms with Crippen LogP contribution in [0.2, 0.25) is 5.02 Å². The molecule has 0 atom stereocenters. The second kappa shape index (κ2) is 5.00. The predicted molar refractivity (Wildman–Crippen MR) is 52.2 cm³/mol. The topological polar surface area (TPSA) is 82.3 Å². The maximum atomic E-state index is 12.4. The van der Waals surface area contributed by atoms with E-state index in [0.29, 0.717) is 6.20 Å². The van der Waals surface area contributed by atoms with E-state index in [9.17, 15) is 23.7 Å². The Morgan fingerprint density at radius 2 is 2.24 bits per heavy atom. The van der Waals surface area contributed by atoms with Crippen molar-refractivity contribution in [2.75, 3.05) is 7.11 Å². The summed E-state index contributed by atoms with van der Waals surface area (Å²) in [6.07, 6.45) is -2.42. The third-order valence-electron chi connectivity index (χ3n) is 1.81. The molecule has 1 aromatic rings. The molecule has 1 rings (SSSR count). The Morgan fingerprint density at radius 1 is 1.65 bits per heavy atom. The summed E-state index contributed by atoms with van der Waals surface area (Å²) in [5.41, 5.74) is -2.52. The number of rotatable bonds is 3. The third kappa shape index (κ3) is 2.47. The number of alkyl halides is 2. The molecule has 9 heteroatoms. The molecule has 0 radical (unpaired) electrons. The Kier molecular flexibility index (Phi) is 3.89. The molecule has 6 nitrogen and oxygen atoms in total. The van der Waals surface area contributed by atoms with Crippen molar-refractivity contribution in [3.63, 3.8) is 0 Å². The van der Waals surface area contributed by atoms with Crippen molar-refractivity contribution in [2.45, 2.75) is 6.43 Å². The molecule has 0 unspecified atom stereocenters. The first-order chi connectivity index (χ1) is 7.90. The van der Waals surface area contributed by atoms with Gasteiger partial charge in [-0.05, 0) is 0 Å². The molecule has 0 N–H and O–H groups in total. The van der Waals surface area contributed by atoms with Gasteiger partial charge in [0.1, 0.15) is 5.02 Å². The number of halogens is 3. The van der Waals surface area contributed by atoms with E-state index in [1.165, 1.54) is 0 Å². The number of ether oxygens (including phenoxy) is 1. The van der Waals surface area contributed by atoms with Gasteiger partial charge in [0.15, 0.2) is 0 Å². The fourth-order valence-corrected chi connectivity index (χ4v) is 1.35. The summed E-state index contributed by atoms with van der Waals surface area (Å²) in [7, 11) is 0.975. The second-order valence-electron chi connectivity index (χ2n) is 2.77. The highest BCUT2D eigenvalue weighted by Gasteiger charge is 2.31. The average molecular weight is 267 g/mol. The summed E-state index contributed by atoms with van der Waals surface area (Å²) in [5.74, 6) is -1.13. The van der Waals surface area contributed by atoms with E-state index in [2.05, 4.69) is 9.72 Å². The van der Waals surface area contributed by atoms with E-state index in [0.717, 1.165) is 7.11 Å². The monoisotopic (exact) mass is 266 g/mol. The summed E-state index contributed by atoms with van der Waals surface area (Å²) in [6.45, 7) is 0. The van der Waals surface area contributed by atoms with E-state index in [-0.39, 0.29) is 0 Å². The summed E-state index contributed by atoms with van der Waals surface area (Å²) in [4.78, 5) is 24.0. The molecule has 0 aliphatic heterocycles. The maximum absolute atomic E-state index is 12.4. The highest BCUT2D eigenvalue weighted by atomic mass is 35.5. The Labute approximate surface area is 98.3 Å². The van der Waals surface area contributed by atoms with Gasteiger partial charge in [0.05, 0.1) is 17.6 Å². The normalized spacial score (nSPS) is 10.4. The van der Waals surface area contributed by atoms with Crippen molar-refractivity contribution in [1.82, 2.24) is 4.98 Å². The Hall–Kier alpha value is -1.83. The lowest BCUT2D eigenvalue weighted by atomic mass is 10.2. The molecule has 92 valence electrons. The first kappa shape index (κ1) is 13.2. The Balaban J connectivity index is 3.50. The number of pyridine rings is 1. The van der Waals surface area contributed by atoms with Gasteiger partial charge >= 0.3 is 11.7 Å². The largest absolute Gasteiger partial charge is 0.464 e.